The number of halogens is 3. The third-order valence-corrected chi connectivity index (χ3v) is 5.78. The van der Waals surface area contributed by atoms with Crippen molar-refractivity contribution in [3.8, 4) is 17.2 Å². The molecule has 0 fully saturated rings. The van der Waals surface area contributed by atoms with Crippen molar-refractivity contribution in [2.45, 2.75) is 13.2 Å². The summed E-state index contributed by atoms with van der Waals surface area (Å²) in [5.41, 5.74) is 6.02. The van der Waals surface area contributed by atoms with Gasteiger partial charge in [-0.05, 0) is 84.9 Å². The first-order chi connectivity index (χ1) is 15.0. The van der Waals surface area contributed by atoms with E-state index in [2.05, 4.69) is 42.4 Å². The lowest BCUT2D eigenvalue weighted by molar-refractivity contribution is 0.302. The highest BCUT2D eigenvalue weighted by atomic mass is 79.9. The number of nitrogens with zero attached hydrogens (tertiary/aromatic N) is 1. The average Bonchev–Trinajstić information content (AvgIpc) is 2.77. The Morgan fingerprint density at radius 1 is 0.903 bits per heavy atom. The van der Waals surface area contributed by atoms with Crippen molar-refractivity contribution >= 4 is 49.7 Å². The molecule has 0 aliphatic carbocycles. The van der Waals surface area contributed by atoms with Gasteiger partial charge >= 0.3 is 0 Å². The van der Waals surface area contributed by atoms with Gasteiger partial charge in [-0.2, -0.15) is 5.10 Å². The van der Waals surface area contributed by atoms with Gasteiger partial charge in [0, 0.05) is 5.02 Å². The maximum Gasteiger partial charge on any atom is 0.161 e. The van der Waals surface area contributed by atoms with E-state index in [1.807, 2.05) is 54.6 Å². The van der Waals surface area contributed by atoms with Gasteiger partial charge in [0.05, 0.1) is 35.9 Å². The summed E-state index contributed by atoms with van der Waals surface area (Å²) in [7, 11) is 3.23. The van der Waals surface area contributed by atoms with Gasteiger partial charge in [0.1, 0.15) is 12.4 Å². The fourth-order valence-electron chi connectivity index (χ4n) is 2.78. The molecular formula is C23H21Br2ClN2O3. The Balaban J connectivity index is 1.59. The Morgan fingerprint density at radius 3 is 2.19 bits per heavy atom. The summed E-state index contributed by atoms with van der Waals surface area (Å²) in [6, 6.07) is 17.2. The van der Waals surface area contributed by atoms with Crippen molar-refractivity contribution in [1.82, 2.24) is 5.43 Å². The summed E-state index contributed by atoms with van der Waals surface area (Å²) in [5, 5.41) is 5.01. The van der Waals surface area contributed by atoms with Crippen LogP contribution in [0.15, 0.2) is 68.6 Å². The molecule has 8 heteroatoms. The summed E-state index contributed by atoms with van der Waals surface area (Å²) < 4.78 is 18.2. The van der Waals surface area contributed by atoms with Crippen LogP contribution in [0.3, 0.4) is 0 Å². The molecule has 0 amide bonds. The number of hydrogen-bond acceptors (Lipinski definition) is 5. The van der Waals surface area contributed by atoms with Crippen molar-refractivity contribution in [1.29, 1.82) is 0 Å². The topological polar surface area (TPSA) is 52.1 Å². The van der Waals surface area contributed by atoms with Crippen molar-refractivity contribution in [2.75, 3.05) is 14.2 Å². The second kappa shape index (κ2) is 11.4. The maximum atomic E-state index is 5.95. The van der Waals surface area contributed by atoms with Gasteiger partial charge in [-0.25, -0.2) is 0 Å². The minimum Gasteiger partial charge on any atom is -0.493 e. The zero-order valence-electron chi connectivity index (χ0n) is 17.0. The van der Waals surface area contributed by atoms with E-state index in [-0.39, 0.29) is 0 Å². The number of rotatable bonds is 9. The van der Waals surface area contributed by atoms with Crippen LogP contribution in [0.1, 0.15) is 16.7 Å². The molecule has 0 aliphatic rings. The van der Waals surface area contributed by atoms with Crippen molar-refractivity contribution in [3.05, 3.63) is 85.3 Å². The number of nitrogens with one attached hydrogen (secondary N) is 1. The molecule has 0 saturated heterocycles. The van der Waals surface area contributed by atoms with E-state index in [0.717, 1.165) is 31.4 Å². The Morgan fingerprint density at radius 2 is 1.55 bits per heavy atom. The summed E-state index contributed by atoms with van der Waals surface area (Å²) in [6.07, 6.45) is 1.75. The van der Waals surface area contributed by atoms with Gasteiger partial charge in [0.2, 0.25) is 0 Å². The Bertz CT molecular complexity index is 1040. The molecule has 5 nitrogen and oxygen atoms in total. The standard InChI is InChI=1S/C23H21Br2ClN2O3/c1-29-21-8-5-16(11-22(21)30-2)12-27-28-13-17-9-19(24)23(20(25)10-17)31-14-15-3-6-18(26)7-4-15/h3-11,13,27H,12,14H2,1-2H3/b28-13-. The molecule has 0 aliphatic heterocycles. The molecule has 31 heavy (non-hydrogen) atoms. The van der Waals surface area contributed by atoms with Crippen LogP contribution in [-0.2, 0) is 13.2 Å². The Kier molecular flexibility index (Phi) is 8.63. The molecule has 0 aromatic heterocycles. The van der Waals surface area contributed by atoms with Crippen LogP contribution in [0.5, 0.6) is 17.2 Å². The van der Waals surface area contributed by atoms with Gasteiger partial charge in [-0.1, -0.05) is 29.8 Å². The van der Waals surface area contributed by atoms with E-state index >= 15 is 0 Å². The molecule has 3 aromatic carbocycles. The van der Waals surface area contributed by atoms with Crippen LogP contribution in [0.25, 0.3) is 0 Å². The molecule has 0 radical (unpaired) electrons. The zero-order valence-corrected chi connectivity index (χ0v) is 20.9. The second-order valence-electron chi connectivity index (χ2n) is 6.51. The first kappa shape index (κ1) is 23.4. The van der Waals surface area contributed by atoms with Crippen LogP contribution >= 0.6 is 43.5 Å². The quantitative estimate of drug-likeness (QED) is 0.234. The van der Waals surface area contributed by atoms with Crippen LogP contribution in [0, 0.1) is 0 Å². The van der Waals surface area contributed by atoms with Gasteiger partial charge in [0.15, 0.2) is 11.5 Å². The SMILES string of the molecule is COc1ccc(CN/N=C\c2cc(Br)c(OCc3ccc(Cl)cc3)c(Br)c2)cc1OC. The van der Waals surface area contributed by atoms with Gasteiger partial charge in [-0.15, -0.1) is 0 Å². The van der Waals surface area contributed by atoms with E-state index in [1.54, 1.807) is 20.4 Å². The largest absolute Gasteiger partial charge is 0.493 e. The summed E-state index contributed by atoms with van der Waals surface area (Å²) in [6.45, 7) is 0.996. The third-order valence-electron chi connectivity index (χ3n) is 4.35. The number of ether oxygens (including phenoxy) is 3. The predicted octanol–water partition coefficient (Wildman–Crippen LogP) is 6.58. The molecule has 162 valence electrons. The van der Waals surface area contributed by atoms with E-state index in [9.17, 15) is 0 Å². The molecule has 0 unspecified atom stereocenters. The fourth-order valence-corrected chi connectivity index (χ4v) is 4.35. The zero-order chi connectivity index (χ0) is 22.2. The Hall–Kier alpha value is -2.22. The first-order valence-corrected chi connectivity index (χ1v) is 11.3. The lowest BCUT2D eigenvalue weighted by atomic mass is 10.2. The highest BCUT2D eigenvalue weighted by molar-refractivity contribution is 9.11. The molecule has 0 bridgehead atoms. The first-order valence-electron chi connectivity index (χ1n) is 9.33. The van der Waals surface area contributed by atoms with Crippen molar-refractivity contribution < 1.29 is 14.2 Å². The normalized spacial score (nSPS) is 10.9. The molecule has 3 aromatic rings. The van der Waals surface area contributed by atoms with E-state index in [1.165, 1.54) is 0 Å². The minimum absolute atomic E-state index is 0.439. The van der Waals surface area contributed by atoms with E-state index < -0.39 is 0 Å². The second-order valence-corrected chi connectivity index (χ2v) is 8.66. The lowest BCUT2D eigenvalue weighted by Crippen LogP contribution is -2.06. The monoisotopic (exact) mass is 566 g/mol. The molecule has 3 rings (SSSR count). The van der Waals surface area contributed by atoms with Crippen molar-refractivity contribution in [3.63, 3.8) is 0 Å². The van der Waals surface area contributed by atoms with E-state index in [0.29, 0.717) is 29.7 Å². The molecule has 0 atom stereocenters. The highest BCUT2D eigenvalue weighted by Gasteiger charge is 2.09. The van der Waals surface area contributed by atoms with Crippen LogP contribution in [0.4, 0.5) is 0 Å². The number of methoxy groups -OCH3 is 2. The highest BCUT2D eigenvalue weighted by Crippen LogP contribution is 2.35. The smallest absolute Gasteiger partial charge is 0.161 e. The predicted molar refractivity (Wildman–Crippen MR) is 132 cm³/mol. The number of hydrogen-bond donors (Lipinski definition) is 1. The minimum atomic E-state index is 0.439. The average molecular weight is 569 g/mol. The van der Waals surface area contributed by atoms with Crippen LogP contribution in [-0.4, -0.2) is 20.4 Å². The summed E-state index contributed by atoms with van der Waals surface area (Å²) in [4.78, 5) is 0. The molecule has 0 saturated carbocycles. The van der Waals surface area contributed by atoms with Gasteiger partial charge in [-0.3, -0.25) is 0 Å². The molecule has 1 N–H and O–H groups in total. The van der Waals surface area contributed by atoms with Crippen molar-refractivity contribution in [2.24, 2.45) is 5.10 Å². The van der Waals surface area contributed by atoms with Gasteiger partial charge in [0.25, 0.3) is 0 Å². The Labute approximate surface area is 203 Å². The fraction of sp³-hybridized carbons (Fsp3) is 0.174. The van der Waals surface area contributed by atoms with Crippen LogP contribution in [0.2, 0.25) is 5.02 Å². The lowest BCUT2D eigenvalue weighted by Gasteiger charge is -2.11. The van der Waals surface area contributed by atoms with E-state index in [4.69, 9.17) is 25.8 Å². The third kappa shape index (κ3) is 6.63. The summed E-state index contributed by atoms with van der Waals surface area (Å²) in [5.74, 6) is 2.11. The van der Waals surface area contributed by atoms with Crippen LogP contribution < -0.4 is 19.6 Å². The maximum absolute atomic E-state index is 5.95. The summed E-state index contributed by atoms with van der Waals surface area (Å²) >= 11 is 13.1. The molecule has 0 heterocycles. The molecule has 0 spiro atoms. The molecular weight excluding hydrogens is 548 g/mol. The van der Waals surface area contributed by atoms with Gasteiger partial charge < -0.3 is 19.6 Å². The number of hydrazone groups is 1. The number of benzene rings is 3.